The molecule has 26 heavy (non-hydrogen) atoms. The molecule has 0 atom stereocenters. The quantitative estimate of drug-likeness (QED) is 0.437. The highest BCUT2D eigenvalue weighted by Crippen LogP contribution is 2.32. The molecular formula is C21H16F2N2S. The van der Waals surface area contributed by atoms with Gasteiger partial charge in [-0.25, -0.2) is 13.8 Å². The molecule has 0 unspecified atom stereocenters. The molecule has 0 bridgehead atoms. The van der Waals surface area contributed by atoms with Crippen molar-refractivity contribution in [2.75, 3.05) is 6.26 Å². The fourth-order valence-electron chi connectivity index (χ4n) is 3.08. The SMILES string of the molecule is CSc1ccc(-c2ccc(-c3c(F)cc4[nH]c(C)nc4c3F)cc2)cc1. The van der Waals surface area contributed by atoms with Gasteiger partial charge in [-0.2, -0.15) is 0 Å². The highest BCUT2D eigenvalue weighted by molar-refractivity contribution is 7.98. The lowest BCUT2D eigenvalue weighted by atomic mass is 9.99. The lowest BCUT2D eigenvalue weighted by Gasteiger charge is -2.08. The van der Waals surface area contributed by atoms with Gasteiger partial charge in [0.15, 0.2) is 5.82 Å². The van der Waals surface area contributed by atoms with Crippen molar-refractivity contribution in [1.82, 2.24) is 9.97 Å². The highest BCUT2D eigenvalue weighted by Gasteiger charge is 2.18. The summed E-state index contributed by atoms with van der Waals surface area (Å²) in [5.74, 6) is -0.684. The predicted octanol–water partition coefficient (Wildman–Crippen LogP) is 6.21. The second-order valence-electron chi connectivity index (χ2n) is 6.07. The van der Waals surface area contributed by atoms with E-state index in [4.69, 9.17) is 0 Å². The molecule has 0 aliphatic rings. The van der Waals surface area contributed by atoms with Gasteiger partial charge in [-0.15, -0.1) is 11.8 Å². The summed E-state index contributed by atoms with van der Waals surface area (Å²) in [6, 6.07) is 16.7. The van der Waals surface area contributed by atoms with Gasteiger partial charge in [-0.05, 0) is 42.0 Å². The fraction of sp³-hybridized carbons (Fsp3) is 0.0952. The van der Waals surface area contributed by atoms with Crippen LogP contribution < -0.4 is 0 Å². The number of thioether (sulfide) groups is 1. The average Bonchev–Trinajstić information content (AvgIpc) is 3.03. The first kappa shape index (κ1) is 16.8. The van der Waals surface area contributed by atoms with E-state index in [1.807, 2.05) is 30.5 Å². The number of aromatic amines is 1. The largest absolute Gasteiger partial charge is 0.342 e. The topological polar surface area (TPSA) is 28.7 Å². The number of nitrogens with one attached hydrogen (secondary N) is 1. The van der Waals surface area contributed by atoms with Gasteiger partial charge in [0.05, 0.1) is 11.1 Å². The summed E-state index contributed by atoms with van der Waals surface area (Å²) < 4.78 is 29.3. The van der Waals surface area contributed by atoms with Crippen molar-refractivity contribution in [2.24, 2.45) is 0 Å². The minimum Gasteiger partial charge on any atom is -0.342 e. The highest BCUT2D eigenvalue weighted by atomic mass is 32.2. The van der Waals surface area contributed by atoms with Crippen LogP contribution >= 0.6 is 11.8 Å². The molecule has 0 saturated heterocycles. The van der Waals surface area contributed by atoms with Crippen molar-refractivity contribution < 1.29 is 8.78 Å². The number of H-pyrrole nitrogens is 1. The van der Waals surface area contributed by atoms with Crippen molar-refractivity contribution in [1.29, 1.82) is 0 Å². The minimum absolute atomic E-state index is 0.0479. The summed E-state index contributed by atoms with van der Waals surface area (Å²) in [5, 5.41) is 0. The molecule has 0 radical (unpaired) electrons. The standard InChI is InChI=1S/C21H16F2N2S/c1-12-24-18-11-17(22)19(20(23)21(18)25-12)15-5-3-13(4-6-15)14-7-9-16(26-2)10-8-14/h3-11H,1-2H3,(H,24,25). The Morgan fingerprint density at radius 2 is 1.46 bits per heavy atom. The molecular weight excluding hydrogens is 350 g/mol. The molecule has 0 saturated carbocycles. The van der Waals surface area contributed by atoms with Crippen LogP contribution in [-0.2, 0) is 0 Å². The Hall–Kier alpha value is -2.66. The molecule has 3 aromatic carbocycles. The molecule has 1 heterocycles. The second kappa shape index (κ2) is 6.57. The summed E-state index contributed by atoms with van der Waals surface area (Å²) in [6.07, 6.45) is 2.03. The first-order valence-corrected chi connectivity index (χ1v) is 9.38. The first-order valence-electron chi connectivity index (χ1n) is 8.16. The predicted molar refractivity (Wildman–Crippen MR) is 103 cm³/mol. The number of fused-ring (bicyclic) bond motifs is 1. The average molecular weight is 366 g/mol. The fourth-order valence-corrected chi connectivity index (χ4v) is 3.49. The van der Waals surface area contributed by atoms with E-state index in [-0.39, 0.29) is 11.1 Å². The zero-order valence-electron chi connectivity index (χ0n) is 14.3. The van der Waals surface area contributed by atoms with Gasteiger partial charge in [0, 0.05) is 11.0 Å². The maximum atomic E-state index is 14.8. The lowest BCUT2D eigenvalue weighted by molar-refractivity contribution is 0.597. The van der Waals surface area contributed by atoms with Gasteiger partial charge in [-0.1, -0.05) is 36.4 Å². The summed E-state index contributed by atoms with van der Waals surface area (Å²) in [5.41, 5.74) is 3.04. The molecule has 0 spiro atoms. The zero-order valence-corrected chi connectivity index (χ0v) is 15.1. The van der Waals surface area contributed by atoms with Gasteiger partial charge in [0.1, 0.15) is 17.2 Å². The van der Waals surface area contributed by atoms with Crippen LogP contribution in [0.4, 0.5) is 8.78 Å². The van der Waals surface area contributed by atoms with Crippen molar-refractivity contribution >= 4 is 22.8 Å². The number of rotatable bonds is 3. The van der Waals surface area contributed by atoms with Crippen LogP contribution in [0.2, 0.25) is 0 Å². The van der Waals surface area contributed by atoms with Crippen molar-refractivity contribution in [3.63, 3.8) is 0 Å². The number of hydrogen-bond acceptors (Lipinski definition) is 2. The van der Waals surface area contributed by atoms with Gasteiger partial charge in [-0.3, -0.25) is 0 Å². The van der Waals surface area contributed by atoms with E-state index >= 15 is 0 Å². The first-order chi connectivity index (χ1) is 12.6. The molecule has 0 amide bonds. The van der Waals surface area contributed by atoms with Crippen LogP contribution in [0.15, 0.2) is 59.5 Å². The van der Waals surface area contributed by atoms with E-state index in [1.54, 1.807) is 30.8 Å². The van der Waals surface area contributed by atoms with Gasteiger partial charge in [0.25, 0.3) is 0 Å². The van der Waals surface area contributed by atoms with E-state index < -0.39 is 11.6 Å². The van der Waals surface area contributed by atoms with E-state index in [1.165, 1.54) is 11.0 Å². The molecule has 0 fully saturated rings. The molecule has 2 nitrogen and oxygen atoms in total. The van der Waals surface area contributed by atoms with Crippen molar-refractivity contribution in [3.8, 4) is 22.3 Å². The lowest BCUT2D eigenvalue weighted by Crippen LogP contribution is -1.92. The Labute approximate surface area is 154 Å². The van der Waals surface area contributed by atoms with Crippen LogP contribution in [0.1, 0.15) is 5.82 Å². The van der Waals surface area contributed by atoms with Gasteiger partial charge >= 0.3 is 0 Å². The molecule has 5 heteroatoms. The number of aromatic nitrogens is 2. The van der Waals surface area contributed by atoms with E-state index in [9.17, 15) is 8.78 Å². The number of halogens is 2. The second-order valence-corrected chi connectivity index (χ2v) is 6.95. The maximum absolute atomic E-state index is 14.8. The Morgan fingerprint density at radius 1 is 0.885 bits per heavy atom. The third-order valence-corrected chi connectivity index (χ3v) is 5.13. The summed E-state index contributed by atoms with van der Waals surface area (Å²) in [6.45, 7) is 1.72. The zero-order chi connectivity index (χ0) is 18.3. The third-order valence-electron chi connectivity index (χ3n) is 4.38. The monoisotopic (exact) mass is 366 g/mol. The van der Waals surface area contributed by atoms with Crippen LogP contribution in [0, 0.1) is 18.6 Å². The number of benzene rings is 3. The molecule has 1 N–H and O–H groups in total. The Bertz CT molecular complexity index is 1080. The molecule has 0 aliphatic carbocycles. The van der Waals surface area contributed by atoms with Crippen LogP contribution in [0.5, 0.6) is 0 Å². The normalized spacial score (nSPS) is 11.2. The summed E-state index contributed by atoms with van der Waals surface area (Å²) in [7, 11) is 0. The minimum atomic E-state index is -0.638. The molecule has 0 aliphatic heterocycles. The smallest absolute Gasteiger partial charge is 0.161 e. The third kappa shape index (κ3) is 2.88. The van der Waals surface area contributed by atoms with E-state index in [2.05, 4.69) is 22.1 Å². The van der Waals surface area contributed by atoms with Crippen molar-refractivity contribution in [2.45, 2.75) is 11.8 Å². The molecule has 4 aromatic rings. The van der Waals surface area contributed by atoms with Gasteiger partial charge < -0.3 is 4.98 Å². The maximum Gasteiger partial charge on any atom is 0.161 e. The number of imidazole rings is 1. The molecule has 130 valence electrons. The van der Waals surface area contributed by atoms with E-state index in [0.29, 0.717) is 16.9 Å². The van der Waals surface area contributed by atoms with Crippen LogP contribution in [-0.4, -0.2) is 16.2 Å². The van der Waals surface area contributed by atoms with Crippen LogP contribution in [0.3, 0.4) is 0 Å². The van der Waals surface area contributed by atoms with Crippen LogP contribution in [0.25, 0.3) is 33.3 Å². The Balaban J connectivity index is 1.76. The Morgan fingerprint density at radius 3 is 2.08 bits per heavy atom. The molecule has 4 rings (SSSR count). The summed E-state index contributed by atoms with van der Waals surface area (Å²) in [4.78, 5) is 8.18. The Kier molecular flexibility index (Phi) is 4.24. The summed E-state index contributed by atoms with van der Waals surface area (Å²) >= 11 is 1.69. The van der Waals surface area contributed by atoms with E-state index in [0.717, 1.165) is 11.1 Å². The number of nitrogens with zero attached hydrogens (tertiary/aromatic N) is 1. The molecule has 1 aromatic heterocycles. The number of hydrogen-bond donors (Lipinski definition) is 1. The van der Waals surface area contributed by atoms with Gasteiger partial charge in [0.2, 0.25) is 0 Å². The number of aryl methyl sites for hydroxylation is 1. The van der Waals surface area contributed by atoms with Crippen molar-refractivity contribution in [3.05, 3.63) is 72.1 Å².